The highest BCUT2D eigenvalue weighted by Crippen LogP contribution is 2.35. The summed E-state index contributed by atoms with van der Waals surface area (Å²) in [5.74, 6) is 0.593. The van der Waals surface area contributed by atoms with Crippen LogP contribution in [0.2, 0.25) is 5.02 Å². The van der Waals surface area contributed by atoms with Crippen molar-refractivity contribution in [2.75, 3.05) is 38.7 Å². The van der Waals surface area contributed by atoms with Gasteiger partial charge in [0.05, 0.1) is 48.2 Å². The first-order chi connectivity index (χ1) is 15.1. The van der Waals surface area contributed by atoms with Gasteiger partial charge in [0, 0.05) is 36.8 Å². The molecule has 1 aromatic heterocycles. The summed E-state index contributed by atoms with van der Waals surface area (Å²) in [6, 6.07) is 13.1. The van der Waals surface area contributed by atoms with Gasteiger partial charge in [-0.25, -0.2) is 0 Å². The number of fused-ring (bicyclic) bond motifs is 1. The van der Waals surface area contributed by atoms with Crippen LogP contribution in [0.1, 0.15) is 22.2 Å². The molecule has 4 rings (SSSR count). The van der Waals surface area contributed by atoms with Crippen molar-refractivity contribution in [2.45, 2.75) is 12.0 Å². The Hall–Kier alpha value is -2.56. The molecule has 0 bridgehead atoms. The van der Waals surface area contributed by atoms with E-state index in [1.54, 1.807) is 25.3 Å². The van der Waals surface area contributed by atoms with Gasteiger partial charge in [-0.1, -0.05) is 29.3 Å². The molecule has 31 heavy (non-hydrogen) atoms. The number of aromatic nitrogens is 1. The molecule has 0 saturated carbocycles. The molecule has 0 amide bonds. The second-order valence-electron chi connectivity index (χ2n) is 7.29. The zero-order chi connectivity index (χ0) is 21.8. The highest BCUT2D eigenvalue weighted by Gasteiger charge is 2.19. The zero-order valence-corrected chi connectivity index (χ0v) is 18.6. The lowest BCUT2D eigenvalue weighted by atomic mass is 10.1. The molecule has 1 aliphatic rings. The van der Waals surface area contributed by atoms with Gasteiger partial charge < -0.3 is 14.8 Å². The van der Waals surface area contributed by atoms with Crippen molar-refractivity contribution in [1.29, 1.82) is 5.26 Å². The number of halogens is 2. The Morgan fingerprint density at radius 3 is 2.77 bits per heavy atom. The molecule has 1 fully saturated rings. The summed E-state index contributed by atoms with van der Waals surface area (Å²) >= 11 is 13.1. The highest BCUT2D eigenvalue weighted by atomic mass is 35.5. The highest BCUT2D eigenvalue weighted by molar-refractivity contribution is 6.32. The van der Waals surface area contributed by atoms with Gasteiger partial charge in [-0.15, -0.1) is 0 Å². The Kier molecular flexibility index (Phi) is 6.79. The first-order valence-electron chi connectivity index (χ1n) is 9.95. The number of nitrogens with zero attached hydrogens (tertiary/aromatic N) is 3. The normalized spacial score (nSPS) is 15.4. The third-order valence-corrected chi connectivity index (χ3v) is 5.97. The monoisotopic (exact) mass is 456 g/mol. The van der Waals surface area contributed by atoms with E-state index in [9.17, 15) is 5.26 Å². The molecule has 0 radical (unpaired) electrons. The van der Waals surface area contributed by atoms with Crippen LogP contribution in [0.5, 0.6) is 5.75 Å². The van der Waals surface area contributed by atoms with Gasteiger partial charge in [0.15, 0.2) is 0 Å². The fourth-order valence-corrected chi connectivity index (χ4v) is 4.16. The zero-order valence-electron chi connectivity index (χ0n) is 17.1. The van der Waals surface area contributed by atoms with Crippen molar-refractivity contribution >= 4 is 39.8 Å². The number of hydrogen-bond donors (Lipinski definition) is 1. The van der Waals surface area contributed by atoms with Crippen LogP contribution >= 0.6 is 23.2 Å². The van der Waals surface area contributed by atoms with Crippen LogP contribution in [0.25, 0.3) is 10.9 Å². The molecule has 6 nitrogen and oxygen atoms in total. The van der Waals surface area contributed by atoms with Crippen LogP contribution in [-0.2, 0) is 11.3 Å². The third-order valence-electron chi connectivity index (χ3n) is 5.31. The fraction of sp³-hybridized carbons (Fsp3) is 0.304. The smallest absolute Gasteiger partial charge is 0.137 e. The molecule has 1 aliphatic heterocycles. The van der Waals surface area contributed by atoms with Gasteiger partial charge in [-0.2, -0.15) is 5.26 Å². The first-order valence-corrected chi connectivity index (χ1v) is 10.8. The molecule has 1 unspecified atom stereocenters. The minimum atomic E-state index is -0.539. The predicted octanol–water partition coefficient (Wildman–Crippen LogP) is 4.95. The van der Waals surface area contributed by atoms with Gasteiger partial charge >= 0.3 is 0 Å². The Labute approximate surface area is 191 Å². The van der Waals surface area contributed by atoms with Crippen molar-refractivity contribution in [2.24, 2.45) is 0 Å². The number of hydrogen-bond acceptors (Lipinski definition) is 6. The van der Waals surface area contributed by atoms with E-state index in [2.05, 4.69) is 21.3 Å². The SMILES string of the molecule is COc1ccc(C(Cl)Nc2c(CN3CCOCC3)cnc3ccc(C#N)cc23)cc1Cl. The average molecular weight is 457 g/mol. The van der Waals surface area contributed by atoms with Crippen molar-refractivity contribution in [3.8, 4) is 11.8 Å². The Balaban J connectivity index is 1.72. The number of anilines is 1. The lowest BCUT2D eigenvalue weighted by molar-refractivity contribution is 0.0342. The summed E-state index contributed by atoms with van der Waals surface area (Å²) in [4.78, 5) is 6.93. The number of rotatable bonds is 6. The summed E-state index contributed by atoms with van der Waals surface area (Å²) < 4.78 is 10.7. The van der Waals surface area contributed by atoms with Crippen LogP contribution in [0, 0.1) is 11.3 Å². The van der Waals surface area contributed by atoms with Crippen molar-refractivity contribution in [3.05, 3.63) is 64.3 Å². The second-order valence-corrected chi connectivity index (χ2v) is 8.14. The van der Waals surface area contributed by atoms with Crippen molar-refractivity contribution in [3.63, 3.8) is 0 Å². The lowest BCUT2D eigenvalue weighted by Crippen LogP contribution is -2.35. The van der Waals surface area contributed by atoms with Gasteiger partial charge in [0.1, 0.15) is 11.3 Å². The molecule has 1 atom stereocenters. The van der Waals surface area contributed by atoms with E-state index >= 15 is 0 Å². The maximum Gasteiger partial charge on any atom is 0.137 e. The molecular formula is C23H22Cl2N4O2. The molecule has 1 saturated heterocycles. The van der Waals surface area contributed by atoms with Crippen LogP contribution < -0.4 is 10.1 Å². The molecule has 8 heteroatoms. The van der Waals surface area contributed by atoms with E-state index in [1.165, 1.54) is 0 Å². The number of nitrogens with one attached hydrogen (secondary N) is 1. The minimum absolute atomic E-state index is 0.493. The van der Waals surface area contributed by atoms with Crippen LogP contribution in [0.3, 0.4) is 0 Å². The standard InChI is InChI=1S/C23H22Cl2N4O2/c1-30-21-5-3-16(11-19(21)24)23(25)28-22-17(14-29-6-8-31-9-7-29)13-27-20-4-2-15(12-26)10-18(20)22/h2-5,10-11,13,23H,6-9,14H2,1H3,(H,27,28). The third kappa shape index (κ3) is 4.86. The fourth-order valence-electron chi connectivity index (χ4n) is 3.64. The molecule has 3 aromatic rings. The van der Waals surface area contributed by atoms with E-state index < -0.39 is 5.50 Å². The molecule has 2 aromatic carbocycles. The molecule has 0 spiro atoms. The minimum Gasteiger partial charge on any atom is -0.495 e. The van der Waals surface area contributed by atoms with Gasteiger partial charge in [0.2, 0.25) is 0 Å². The van der Waals surface area contributed by atoms with E-state index in [1.807, 2.05) is 24.4 Å². The second kappa shape index (κ2) is 9.71. The van der Waals surface area contributed by atoms with Crippen molar-refractivity contribution < 1.29 is 9.47 Å². The summed E-state index contributed by atoms with van der Waals surface area (Å²) in [7, 11) is 1.57. The number of benzene rings is 2. The Bertz CT molecular complexity index is 1130. The number of pyridine rings is 1. The number of ether oxygens (including phenoxy) is 2. The van der Waals surface area contributed by atoms with E-state index in [0.29, 0.717) is 36.1 Å². The van der Waals surface area contributed by atoms with Crippen LogP contribution in [0.4, 0.5) is 5.69 Å². The summed E-state index contributed by atoms with van der Waals surface area (Å²) in [5.41, 5.74) is 3.51. The average Bonchev–Trinajstić information content (AvgIpc) is 2.80. The van der Waals surface area contributed by atoms with Crippen LogP contribution in [-0.4, -0.2) is 43.3 Å². The number of alkyl halides is 1. The molecule has 2 heterocycles. The van der Waals surface area contributed by atoms with Crippen molar-refractivity contribution in [1.82, 2.24) is 9.88 Å². The Morgan fingerprint density at radius 2 is 2.06 bits per heavy atom. The topological polar surface area (TPSA) is 70.4 Å². The summed E-state index contributed by atoms with van der Waals surface area (Å²) in [5, 5.41) is 14.2. The molecule has 160 valence electrons. The lowest BCUT2D eigenvalue weighted by Gasteiger charge is -2.28. The number of morpholine rings is 1. The predicted molar refractivity (Wildman–Crippen MR) is 123 cm³/mol. The van der Waals surface area contributed by atoms with Gasteiger partial charge in [-0.3, -0.25) is 9.88 Å². The number of nitriles is 1. The van der Waals surface area contributed by atoms with Gasteiger partial charge in [0.25, 0.3) is 0 Å². The molecule has 0 aliphatic carbocycles. The van der Waals surface area contributed by atoms with E-state index in [-0.39, 0.29) is 0 Å². The maximum absolute atomic E-state index is 9.39. The van der Waals surface area contributed by atoms with E-state index in [0.717, 1.165) is 40.8 Å². The summed E-state index contributed by atoms with van der Waals surface area (Å²) in [6.45, 7) is 3.84. The quantitative estimate of drug-likeness (QED) is 0.417. The van der Waals surface area contributed by atoms with Gasteiger partial charge in [-0.05, 0) is 35.9 Å². The Morgan fingerprint density at radius 1 is 1.26 bits per heavy atom. The van der Waals surface area contributed by atoms with Crippen LogP contribution in [0.15, 0.2) is 42.6 Å². The largest absolute Gasteiger partial charge is 0.495 e. The summed E-state index contributed by atoms with van der Waals surface area (Å²) in [6.07, 6.45) is 1.87. The first kappa shape index (κ1) is 21.7. The van der Waals surface area contributed by atoms with E-state index in [4.69, 9.17) is 32.7 Å². The molecule has 1 N–H and O–H groups in total. The number of methoxy groups -OCH3 is 1. The molecular weight excluding hydrogens is 435 g/mol. The maximum atomic E-state index is 9.39.